The second-order valence-corrected chi connectivity index (χ2v) is 11.9. The summed E-state index contributed by atoms with van der Waals surface area (Å²) in [7, 11) is 0. The quantitative estimate of drug-likeness (QED) is 0.161. The molecule has 1 saturated heterocycles. The van der Waals surface area contributed by atoms with Crippen LogP contribution in [0.15, 0.2) is 0 Å². The van der Waals surface area contributed by atoms with Crippen LogP contribution in [0.5, 0.6) is 0 Å². The average molecular weight is 573 g/mol. The van der Waals surface area contributed by atoms with Gasteiger partial charge >= 0.3 is 5.97 Å². The van der Waals surface area contributed by atoms with E-state index in [0.29, 0.717) is 39.0 Å². The molecule has 1 heterocycles. The molecule has 0 aromatic heterocycles. The lowest BCUT2D eigenvalue weighted by Crippen LogP contribution is -2.58. The minimum absolute atomic E-state index is 0.0758. The summed E-state index contributed by atoms with van der Waals surface area (Å²) in [6.45, 7) is 18.0. The zero-order valence-corrected chi connectivity index (χ0v) is 25.7. The Kier molecular flexibility index (Phi) is 16.3. The number of likely N-dealkylation sites (tertiary alicyclic amines) is 1. The first-order chi connectivity index (χ1) is 18.7. The lowest BCUT2D eigenvalue weighted by Gasteiger charge is -2.35. The average Bonchev–Trinajstić information content (AvgIpc) is 3.26. The highest BCUT2D eigenvalue weighted by atomic mass is 16.5. The van der Waals surface area contributed by atoms with Crippen molar-refractivity contribution in [3.63, 3.8) is 0 Å². The fraction of sp³-hybridized carbons (Fsp3) is 0.857. The molecular formula is C28H52N4O8. The largest absolute Gasteiger partial charge is 0.461 e. The van der Waals surface area contributed by atoms with Crippen LogP contribution >= 0.6 is 0 Å². The summed E-state index contributed by atoms with van der Waals surface area (Å²) >= 11 is 0. The van der Waals surface area contributed by atoms with Crippen molar-refractivity contribution in [1.29, 1.82) is 0 Å². The number of carbonyl (C=O) groups excluding carboxylic acids is 4. The predicted octanol–water partition coefficient (Wildman–Crippen LogP) is 0.870. The lowest BCUT2D eigenvalue weighted by atomic mass is 9.85. The number of hydrogen-bond acceptors (Lipinski definition) is 9. The minimum atomic E-state index is -0.918. The Hall–Kier alpha value is -2.28. The molecular weight excluding hydrogens is 520 g/mol. The van der Waals surface area contributed by atoms with Crippen molar-refractivity contribution < 1.29 is 38.1 Å². The van der Waals surface area contributed by atoms with Gasteiger partial charge in [0, 0.05) is 32.5 Å². The first-order valence-corrected chi connectivity index (χ1v) is 14.2. The van der Waals surface area contributed by atoms with Crippen molar-refractivity contribution in [3.8, 4) is 0 Å². The summed E-state index contributed by atoms with van der Waals surface area (Å²) in [5.41, 5.74) is -0.654. The maximum atomic E-state index is 13.7. The first-order valence-electron chi connectivity index (χ1n) is 14.2. The van der Waals surface area contributed by atoms with Gasteiger partial charge in [-0.1, -0.05) is 48.5 Å². The summed E-state index contributed by atoms with van der Waals surface area (Å²) in [5, 5.41) is 8.90. The van der Waals surface area contributed by atoms with Gasteiger partial charge in [0.15, 0.2) is 0 Å². The Morgan fingerprint density at radius 3 is 2.08 bits per heavy atom. The number of nitrogens with zero attached hydrogens (tertiary/aromatic N) is 1. The zero-order chi connectivity index (χ0) is 30.3. The predicted molar refractivity (Wildman–Crippen MR) is 151 cm³/mol. The Morgan fingerprint density at radius 2 is 1.52 bits per heavy atom. The van der Waals surface area contributed by atoms with Crippen molar-refractivity contribution >= 4 is 23.7 Å². The number of ether oxygens (including phenoxy) is 4. The van der Waals surface area contributed by atoms with Crippen molar-refractivity contribution in [3.05, 3.63) is 0 Å². The number of nitrogens with one attached hydrogen (secondary N) is 3. The molecule has 0 radical (unpaired) electrons. The van der Waals surface area contributed by atoms with E-state index < -0.39 is 41.4 Å². The van der Waals surface area contributed by atoms with Crippen LogP contribution in [0.2, 0.25) is 0 Å². The maximum absolute atomic E-state index is 13.7. The van der Waals surface area contributed by atoms with E-state index in [1.54, 1.807) is 0 Å². The molecule has 1 rings (SSSR count). The molecule has 40 heavy (non-hydrogen) atoms. The summed E-state index contributed by atoms with van der Waals surface area (Å²) < 4.78 is 21.7. The first kappa shape index (κ1) is 35.7. The van der Waals surface area contributed by atoms with E-state index in [1.165, 1.54) is 11.8 Å². The standard InChI is InChI=1S/C28H52N4O8/c1-19(2)16-30-26(35)23-15-22(40-21(5)33)17-32(23)27(36)25(28(6,7)8)31-24(34)18-39-14-13-38-12-11-37-10-9-29-20(3)4/h19-20,22-23,25,29H,9-18H2,1-8H3,(H,30,35)(H,31,34). The van der Waals surface area contributed by atoms with Gasteiger partial charge < -0.3 is 39.8 Å². The molecule has 0 spiro atoms. The Morgan fingerprint density at radius 1 is 0.925 bits per heavy atom. The van der Waals surface area contributed by atoms with Gasteiger partial charge in [-0.2, -0.15) is 0 Å². The van der Waals surface area contributed by atoms with E-state index in [9.17, 15) is 19.2 Å². The smallest absolute Gasteiger partial charge is 0.302 e. The number of amides is 3. The highest BCUT2D eigenvalue weighted by molar-refractivity contribution is 5.93. The van der Waals surface area contributed by atoms with Gasteiger partial charge in [0.25, 0.3) is 0 Å². The molecule has 1 fully saturated rings. The molecule has 3 unspecified atom stereocenters. The van der Waals surface area contributed by atoms with Gasteiger partial charge in [-0.25, -0.2) is 0 Å². The van der Waals surface area contributed by atoms with E-state index in [4.69, 9.17) is 18.9 Å². The third-order valence-corrected chi connectivity index (χ3v) is 6.06. The highest BCUT2D eigenvalue weighted by Gasteiger charge is 2.45. The van der Waals surface area contributed by atoms with Crippen LogP contribution < -0.4 is 16.0 Å². The fourth-order valence-corrected chi connectivity index (χ4v) is 4.07. The van der Waals surface area contributed by atoms with Gasteiger partial charge in [0.2, 0.25) is 17.7 Å². The van der Waals surface area contributed by atoms with Crippen molar-refractivity contribution in [2.24, 2.45) is 11.3 Å². The van der Waals surface area contributed by atoms with Gasteiger partial charge in [-0.3, -0.25) is 19.2 Å². The molecule has 12 nitrogen and oxygen atoms in total. The highest BCUT2D eigenvalue weighted by Crippen LogP contribution is 2.27. The van der Waals surface area contributed by atoms with Gasteiger partial charge in [0.05, 0.1) is 39.6 Å². The SMILES string of the molecule is CC(=O)OC1CC(C(=O)NCC(C)C)N(C(=O)C(NC(=O)COCCOCCOCCNC(C)C)C(C)(C)C)C1. The summed E-state index contributed by atoms with van der Waals surface area (Å²) in [6.07, 6.45) is -0.402. The van der Waals surface area contributed by atoms with Crippen LogP contribution in [-0.4, -0.2) is 112 Å². The molecule has 3 atom stereocenters. The Labute approximate surface area is 239 Å². The molecule has 0 bridgehead atoms. The molecule has 1 aliphatic heterocycles. The van der Waals surface area contributed by atoms with Crippen LogP contribution in [0, 0.1) is 11.3 Å². The number of esters is 1. The van der Waals surface area contributed by atoms with Crippen LogP contribution in [0.4, 0.5) is 0 Å². The molecule has 3 N–H and O–H groups in total. The van der Waals surface area contributed by atoms with Crippen LogP contribution in [0.1, 0.15) is 61.8 Å². The maximum Gasteiger partial charge on any atom is 0.302 e. The van der Waals surface area contributed by atoms with Crippen molar-refractivity contribution in [2.45, 2.75) is 86.0 Å². The van der Waals surface area contributed by atoms with E-state index in [2.05, 4.69) is 29.8 Å². The monoisotopic (exact) mass is 572 g/mol. The Balaban J connectivity index is 2.60. The van der Waals surface area contributed by atoms with Crippen LogP contribution in [-0.2, 0) is 38.1 Å². The second-order valence-electron chi connectivity index (χ2n) is 11.9. The number of rotatable bonds is 18. The minimum Gasteiger partial charge on any atom is -0.461 e. The molecule has 0 aliphatic carbocycles. The molecule has 0 aromatic rings. The molecule has 3 amide bonds. The molecule has 1 aliphatic rings. The van der Waals surface area contributed by atoms with Crippen molar-refractivity contribution in [1.82, 2.24) is 20.9 Å². The zero-order valence-electron chi connectivity index (χ0n) is 25.7. The normalized spacial score (nSPS) is 18.2. The molecule has 0 aromatic carbocycles. The van der Waals surface area contributed by atoms with Gasteiger partial charge in [0.1, 0.15) is 24.8 Å². The summed E-state index contributed by atoms with van der Waals surface area (Å²) in [4.78, 5) is 52.3. The fourth-order valence-electron chi connectivity index (χ4n) is 4.07. The lowest BCUT2D eigenvalue weighted by molar-refractivity contribution is -0.147. The van der Waals surface area contributed by atoms with E-state index >= 15 is 0 Å². The number of hydrogen-bond donors (Lipinski definition) is 3. The molecule has 232 valence electrons. The van der Waals surface area contributed by atoms with Gasteiger partial charge in [-0.05, 0) is 11.3 Å². The Bertz CT molecular complexity index is 800. The van der Waals surface area contributed by atoms with E-state index in [1.807, 2.05) is 34.6 Å². The molecule has 0 saturated carbocycles. The summed E-state index contributed by atoms with van der Waals surface area (Å²) in [6, 6.07) is -1.30. The van der Waals surface area contributed by atoms with Crippen LogP contribution in [0.25, 0.3) is 0 Å². The molecule has 12 heteroatoms. The second kappa shape index (κ2) is 18.2. The van der Waals surface area contributed by atoms with Crippen molar-refractivity contribution in [2.75, 3.05) is 59.3 Å². The third-order valence-electron chi connectivity index (χ3n) is 6.06. The van der Waals surface area contributed by atoms with E-state index in [0.717, 1.165) is 6.54 Å². The van der Waals surface area contributed by atoms with E-state index in [-0.39, 0.29) is 38.0 Å². The third kappa shape index (κ3) is 14.4. The number of carbonyl (C=O) groups is 4. The van der Waals surface area contributed by atoms with Gasteiger partial charge in [-0.15, -0.1) is 0 Å². The topological polar surface area (TPSA) is 145 Å². The summed E-state index contributed by atoms with van der Waals surface area (Å²) in [5.74, 6) is -1.42. The van der Waals surface area contributed by atoms with Crippen LogP contribution in [0.3, 0.4) is 0 Å².